The highest BCUT2D eigenvalue weighted by molar-refractivity contribution is 5.37. The summed E-state index contributed by atoms with van der Waals surface area (Å²) in [7, 11) is 0. The molecule has 0 spiro atoms. The van der Waals surface area contributed by atoms with Gasteiger partial charge in [0.1, 0.15) is 5.75 Å². The minimum atomic E-state index is 0.330. The molecule has 0 radical (unpaired) electrons. The SMILES string of the molecule is Cc1ccc(OCCC(C)(C)C)c(CNC2CC2)c1. The molecule has 1 aliphatic rings. The maximum atomic E-state index is 5.98. The second kappa shape index (κ2) is 5.96. The number of nitrogens with one attached hydrogen (secondary N) is 1. The van der Waals surface area contributed by atoms with Gasteiger partial charge < -0.3 is 10.1 Å². The van der Waals surface area contributed by atoms with Crippen LogP contribution in [0.1, 0.15) is 51.2 Å². The van der Waals surface area contributed by atoms with Gasteiger partial charge in [0, 0.05) is 18.2 Å². The Morgan fingerprint density at radius 2 is 2.00 bits per heavy atom. The maximum absolute atomic E-state index is 5.98. The molecule has 0 aromatic heterocycles. The van der Waals surface area contributed by atoms with Crippen molar-refractivity contribution in [3.8, 4) is 5.75 Å². The summed E-state index contributed by atoms with van der Waals surface area (Å²) in [6.07, 6.45) is 3.73. The maximum Gasteiger partial charge on any atom is 0.123 e. The van der Waals surface area contributed by atoms with Crippen molar-refractivity contribution in [1.82, 2.24) is 5.32 Å². The lowest BCUT2D eigenvalue weighted by Gasteiger charge is -2.19. The summed E-state index contributed by atoms with van der Waals surface area (Å²) in [6.45, 7) is 10.6. The van der Waals surface area contributed by atoms with E-state index in [1.54, 1.807) is 0 Å². The molecule has 0 atom stereocenters. The summed E-state index contributed by atoms with van der Waals surface area (Å²) >= 11 is 0. The highest BCUT2D eigenvalue weighted by atomic mass is 16.5. The Hall–Kier alpha value is -1.02. The highest BCUT2D eigenvalue weighted by Crippen LogP contribution is 2.25. The van der Waals surface area contributed by atoms with Crippen LogP contribution in [-0.2, 0) is 6.54 Å². The van der Waals surface area contributed by atoms with Crippen LogP contribution in [0.25, 0.3) is 0 Å². The number of hydrogen-bond acceptors (Lipinski definition) is 2. The summed E-state index contributed by atoms with van der Waals surface area (Å²) in [5.41, 5.74) is 2.92. The molecule has 0 saturated heterocycles. The van der Waals surface area contributed by atoms with Crippen molar-refractivity contribution in [3.63, 3.8) is 0 Å². The van der Waals surface area contributed by atoms with Crippen LogP contribution in [0.15, 0.2) is 18.2 Å². The van der Waals surface area contributed by atoms with Crippen molar-refractivity contribution in [2.45, 2.75) is 59.5 Å². The van der Waals surface area contributed by atoms with Crippen molar-refractivity contribution in [3.05, 3.63) is 29.3 Å². The van der Waals surface area contributed by atoms with Gasteiger partial charge in [0.25, 0.3) is 0 Å². The van der Waals surface area contributed by atoms with E-state index in [1.165, 1.54) is 24.0 Å². The first-order chi connectivity index (χ1) is 8.94. The zero-order chi connectivity index (χ0) is 13.9. The number of hydrogen-bond donors (Lipinski definition) is 1. The predicted octanol–water partition coefficient (Wildman–Crippen LogP) is 4.06. The van der Waals surface area contributed by atoms with Crippen LogP contribution in [-0.4, -0.2) is 12.6 Å². The Labute approximate surface area is 117 Å². The fourth-order valence-electron chi connectivity index (χ4n) is 2.00. The first kappa shape index (κ1) is 14.4. The second-order valence-corrected chi connectivity index (χ2v) is 6.93. The van der Waals surface area contributed by atoms with E-state index in [0.717, 1.165) is 31.4 Å². The smallest absolute Gasteiger partial charge is 0.123 e. The molecule has 1 aromatic carbocycles. The van der Waals surface area contributed by atoms with E-state index in [2.05, 4.69) is 51.2 Å². The number of benzene rings is 1. The van der Waals surface area contributed by atoms with Gasteiger partial charge >= 0.3 is 0 Å². The van der Waals surface area contributed by atoms with E-state index >= 15 is 0 Å². The van der Waals surface area contributed by atoms with E-state index < -0.39 is 0 Å². The summed E-state index contributed by atoms with van der Waals surface area (Å²) in [6, 6.07) is 7.22. The topological polar surface area (TPSA) is 21.3 Å². The Kier molecular flexibility index (Phi) is 4.51. The van der Waals surface area contributed by atoms with Crippen LogP contribution in [0.3, 0.4) is 0 Å². The second-order valence-electron chi connectivity index (χ2n) is 6.93. The van der Waals surface area contributed by atoms with Crippen LogP contribution in [0.5, 0.6) is 5.75 Å². The monoisotopic (exact) mass is 261 g/mol. The molecule has 0 bridgehead atoms. The lowest BCUT2D eigenvalue weighted by molar-refractivity contribution is 0.241. The molecule has 1 aliphatic carbocycles. The summed E-state index contributed by atoms with van der Waals surface area (Å²) < 4.78 is 5.98. The van der Waals surface area contributed by atoms with Gasteiger partial charge in [-0.3, -0.25) is 0 Å². The lowest BCUT2D eigenvalue weighted by Crippen LogP contribution is -2.17. The van der Waals surface area contributed by atoms with Crippen molar-refractivity contribution < 1.29 is 4.74 Å². The molecule has 106 valence electrons. The highest BCUT2D eigenvalue weighted by Gasteiger charge is 2.20. The Morgan fingerprint density at radius 3 is 2.63 bits per heavy atom. The molecule has 2 nitrogen and oxygen atoms in total. The van der Waals surface area contributed by atoms with Gasteiger partial charge in [-0.25, -0.2) is 0 Å². The molecule has 19 heavy (non-hydrogen) atoms. The molecule has 1 saturated carbocycles. The summed E-state index contributed by atoms with van der Waals surface area (Å²) in [5.74, 6) is 1.04. The van der Waals surface area contributed by atoms with Gasteiger partial charge in [-0.2, -0.15) is 0 Å². The Morgan fingerprint density at radius 1 is 1.26 bits per heavy atom. The van der Waals surface area contributed by atoms with Gasteiger partial charge in [-0.05, 0) is 37.7 Å². The molecule has 2 heteroatoms. The van der Waals surface area contributed by atoms with Crippen LogP contribution in [0.2, 0.25) is 0 Å². The zero-order valence-electron chi connectivity index (χ0n) is 12.8. The first-order valence-corrected chi connectivity index (χ1v) is 7.40. The summed E-state index contributed by atoms with van der Waals surface area (Å²) in [5, 5.41) is 3.57. The fraction of sp³-hybridized carbons (Fsp3) is 0.647. The Balaban J connectivity index is 1.93. The average molecular weight is 261 g/mol. The van der Waals surface area contributed by atoms with Crippen LogP contribution >= 0.6 is 0 Å². The molecule has 1 aromatic rings. The van der Waals surface area contributed by atoms with Crippen molar-refractivity contribution in [2.24, 2.45) is 5.41 Å². The van der Waals surface area contributed by atoms with Crippen molar-refractivity contribution in [1.29, 1.82) is 0 Å². The number of ether oxygens (including phenoxy) is 1. The van der Waals surface area contributed by atoms with E-state index in [1.807, 2.05) is 0 Å². The number of aryl methyl sites for hydroxylation is 1. The molecular formula is C17H27NO. The fourth-order valence-corrected chi connectivity index (χ4v) is 2.00. The van der Waals surface area contributed by atoms with Gasteiger partial charge in [0.2, 0.25) is 0 Å². The lowest BCUT2D eigenvalue weighted by atomic mass is 9.93. The van der Waals surface area contributed by atoms with Crippen LogP contribution in [0, 0.1) is 12.3 Å². The van der Waals surface area contributed by atoms with Crippen molar-refractivity contribution in [2.75, 3.05) is 6.61 Å². The van der Waals surface area contributed by atoms with E-state index in [-0.39, 0.29) is 0 Å². The first-order valence-electron chi connectivity index (χ1n) is 7.40. The quantitative estimate of drug-likeness (QED) is 0.833. The van der Waals surface area contributed by atoms with E-state index in [4.69, 9.17) is 4.74 Å². The normalized spacial score (nSPS) is 15.6. The molecule has 1 fully saturated rings. The van der Waals surface area contributed by atoms with Gasteiger partial charge in [-0.1, -0.05) is 38.5 Å². The van der Waals surface area contributed by atoms with Crippen LogP contribution < -0.4 is 10.1 Å². The average Bonchev–Trinajstić information content (AvgIpc) is 3.11. The third kappa shape index (κ3) is 5.23. The molecule has 1 N–H and O–H groups in total. The van der Waals surface area contributed by atoms with E-state index in [0.29, 0.717) is 5.41 Å². The summed E-state index contributed by atoms with van der Waals surface area (Å²) in [4.78, 5) is 0. The Bertz CT molecular complexity index is 416. The molecule has 0 amide bonds. The van der Waals surface area contributed by atoms with Gasteiger partial charge in [-0.15, -0.1) is 0 Å². The molecule has 0 heterocycles. The minimum Gasteiger partial charge on any atom is -0.493 e. The van der Waals surface area contributed by atoms with Gasteiger partial charge in [0.15, 0.2) is 0 Å². The third-order valence-electron chi connectivity index (χ3n) is 3.48. The minimum absolute atomic E-state index is 0.330. The molecular weight excluding hydrogens is 234 g/mol. The standard InChI is InChI=1S/C17H27NO/c1-13-5-8-16(19-10-9-17(2,3)4)14(11-13)12-18-15-6-7-15/h5,8,11,15,18H,6-7,9-10,12H2,1-4H3. The number of rotatable bonds is 6. The largest absolute Gasteiger partial charge is 0.493 e. The zero-order valence-corrected chi connectivity index (χ0v) is 12.8. The molecule has 0 unspecified atom stereocenters. The predicted molar refractivity (Wildman–Crippen MR) is 80.6 cm³/mol. The third-order valence-corrected chi connectivity index (χ3v) is 3.48. The molecule has 2 rings (SSSR count). The van der Waals surface area contributed by atoms with E-state index in [9.17, 15) is 0 Å². The van der Waals surface area contributed by atoms with Crippen LogP contribution in [0.4, 0.5) is 0 Å². The molecule has 0 aliphatic heterocycles. The van der Waals surface area contributed by atoms with Crippen molar-refractivity contribution >= 4 is 0 Å². The van der Waals surface area contributed by atoms with Gasteiger partial charge in [0.05, 0.1) is 6.61 Å².